The van der Waals surface area contributed by atoms with E-state index in [4.69, 9.17) is 4.74 Å². The number of carbonyl (C=O) groups excluding carboxylic acids is 1. The van der Waals surface area contributed by atoms with E-state index in [0.717, 1.165) is 6.26 Å². The van der Waals surface area contributed by atoms with Crippen LogP contribution in [0.1, 0.15) is 26.2 Å². The molecule has 0 unspecified atom stereocenters. The third kappa shape index (κ3) is 11.0. The Bertz CT molecular complexity index is 360. The largest absolute Gasteiger partial charge is 0.466 e. The fraction of sp³-hybridized carbons (Fsp3) is 0.700. The van der Waals surface area contributed by atoms with Crippen molar-refractivity contribution in [3.05, 3.63) is 0 Å². The fourth-order valence-corrected chi connectivity index (χ4v) is 1.10. The molecule has 0 aliphatic heterocycles. The quantitative estimate of drug-likeness (QED) is 0.299. The van der Waals surface area contributed by atoms with Gasteiger partial charge in [-0.2, -0.15) is 8.42 Å². The van der Waals surface area contributed by atoms with Gasteiger partial charge < -0.3 is 4.74 Å². The SMILES string of the molecule is CCOC(=O)CCCC#CCOS(C)(=O)=O. The van der Waals surface area contributed by atoms with E-state index in [1.54, 1.807) is 6.92 Å². The Balaban J connectivity index is 3.52. The van der Waals surface area contributed by atoms with Crippen molar-refractivity contribution in [1.29, 1.82) is 0 Å². The van der Waals surface area contributed by atoms with Crippen LogP contribution in [0.25, 0.3) is 0 Å². The van der Waals surface area contributed by atoms with Gasteiger partial charge in [-0.15, -0.1) is 5.92 Å². The second-order valence-corrected chi connectivity index (χ2v) is 4.62. The van der Waals surface area contributed by atoms with E-state index in [9.17, 15) is 13.2 Å². The summed E-state index contributed by atoms with van der Waals surface area (Å²) in [6, 6.07) is 0. The van der Waals surface area contributed by atoms with Crippen molar-refractivity contribution in [2.45, 2.75) is 26.2 Å². The molecule has 6 heteroatoms. The topological polar surface area (TPSA) is 69.7 Å². The van der Waals surface area contributed by atoms with Crippen LogP contribution in [-0.4, -0.2) is 33.9 Å². The van der Waals surface area contributed by atoms with Crippen LogP contribution in [0, 0.1) is 11.8 Å². The van der Waals surface area contributed by atoms with Gasteiger partial charge in [0, 0.05) is 12.8 Å². The van der Waals surface area contributed by atoms with Crippen LogP contribution < -0.4 is 0 Å². The average molecular weight is 248 g/mol. The first-order valence-electron chi connectivity index (χ1n) is 4.91. The molecule has 5 nitrogen and oxygen atoms in total. The predicted octanol–water partition coefficient (Wildman–Crippen LogP) is 0.699. The molecule has 0 atom stereocenters. The molecule has 0 aromatic rings. The third-order valence-corrected chi connectivity index (χ3v) is 2.00. The van der Waals surface area contributed by atoms with Crippen LogP contribution in [0.15, 0.2) is 0 Å². The maximum Gasteiger partial charge on any atom is 0.305 e. The highest BCUT2D eigenvalue weighted by Crippen LogP contribution is 1.96. The standard InChI is InChI=1S/C10H16O5S/c1-3-14-10(11)8-6-4-5-7-9-15-16(2,12)13/h3-4,6,8-9H2,1-2H3. The summed E-state index contributed by atoms with van der Waals surface area (Å²) in [6.45, 7) is 1.99. The molecule has 0 radical (unpaired) electrons. The van der Waals surface area contributed by atoms with E-state index in [2.05, 4.69) is 16.0 Å². The number of unbranched alkanes of at least 4 members (excludes halogenated alkanes) is 1. The molecule has 0 aromatic carbocycles. The first-order chi connectivity index (χ1) is 7.45. The average Bonchev–Trinajstić information content (AvgIpc) is 2.15. The molecule has 0 saturated carbocycles. The summed E-state index contributed by atoms with van der Waals surface area (Å²) >= 11 is 0. The maximum atomic E-state index is 10.9. The van der Waals surface area contributed by atoms with Crippen molar-refractivity contribution in [1.82, 2.24) is 0 Å². The molecule has 0 aromatic heterocycles. The molecule has 0 aliphatic rings. The molecule has 0 spiro atoms. The van der Waals surface area contributed by atoms with E-state index < -0.39 is 10.1 Å². The summed E-state index contributed by atoms with van der Waals surface area (Å²) in [6.07, 6.45) is 2.42. The Morgan fingerprint density at radius 1 is 1.31 bits per heavy atom. The Hall–Kier alpha value is -1.06. The number of hydrogen-bond donors (Lipinski definition) is 0. The molecule has 0 N–H and O–H groups in total. The summed E-state index contributed by atoms with van der Waals surface area (Å²) in [4.78, 5) is 10.9. The van der Waals surface area contributed by atoms with Crippen LogP contribution in [0.5, 0.6) is 0 Å². The minimum Gasteiger partial charge on any atom is -0.466 e. The Morgan fingerprint density at radius 3 is 2.56 bits per heavy atom. The van der Waals surface area contributed by atoms with Crippen LogP contribution in [0.4, 0.5) is 0 Å². The zero-order valence-corrected chi connectivity index (χ0v) is 10.3. The molecular formula is C10H16O5S. The van der Waals surface area contributed by atoms with Gasteiger partial charge in [-0.25, -0.2) is 0 Å². The van der Waals surface area contributed by atoms with Gasteiger partial charge in [-0.3, -0.25) is 8.98 Å². The lowest BCUT2D eigenvalue weighted by Gasteiger charge is -1.98. The molecule has 0 saturated heterocycles. The summed E-state index contributed by atoms with van der Waals surface area (Å²) in [7, 11) is -3.41. The Kier molecular flexibility index (Phi) is 7.60. The first-order valence-corrected chi connectivity index (χ1v) is 6.73. The fourth-order valence-electron chi connectivity index (χ4n) is 0.830. The second-order valence-electron chi connectivity index (χ2n) is 2.98. The van der Waals surface area contributed by atoms with Crippen LogP contribution in [-0.2, 0) is 23.8 Å². The molecule has 16 heavy (non-hydrogen) atoms. The number of hydrogen-bond acceptors (Lipinski definition) is 5. The van der Waals surface area contributed by atoms with Crippen molar-refractivity contribution in [2.24, 2.45) is 0 Å². The summed E-state index contributed by atoms with van der Waals surface area (Å²) < 4.78 is 30.2. The summed E-state index contributed by atoms with van der Waals surface area (Å²) in [5, 5.41) is 0. The Morgan fingerprint density at radius 2 is 2.00 bits per heavy atom. The zero-order chi connectivity index (χ0) is 12.4. The third-order valence-electron chi connectivity index (χ3n) is 1.46. The minimum absolute atomic E-state index is 0.141. The second kappa shape index (κ2) is 8.13. The summed E-state index contributed by atoms with van der Waals surface area (Å²) in [5.74, 6) is 5.01. The van der Waals surface area contributed by atoms with Gasteiger partial charge >= 0.3 is 5.97 Å². The van der Waals surface area contributed by atoms with Gasteiger partial charge in [0.05, 0.1) is 12.9 Å². The minimum atomic E-state index is -3.41. The molecule has 0 amide bonds. The highest BCUT2D eigenvalue weighted by molar-refractivity contribution is 7.85. The van der Waals surface area contributed by atoms with E-state index in [1.165, 1.54) is 0 Å². The van der Waals surface area contributed by atoms with Crippen molar-refractivity contribution in [3.63, 3.8) is 0 Å². The van der Waals surface area contributed by atoms with Crippen LogP contribution >= 0.6 is 0 Å². The lowest BCUT2D eigenvalue weighted by molar-refractivity contribution is -0.143. The monoisotopic (exact) mass is 248 g/mol. The van der Waals surface area contributed by atoms with Crippen molar-refractivity contribution >= 4 is 16.1 Å². The van der Waals surface area contributed by atoms with Crippen LogP contribution in [0.3, 0.4) is 0 Å². The van der Waals surface area contributed by atoms with Gasteiger partial charge in [-0.1, -0.05) is 5.92 Å². The maximum absolute atomic E-state index is 10.9. The first kappa shape index (κ1) is 14.9. The lowest BCUT2D eigenvalue weighted by atomic mass is 10.2. The molecule has 92 valence electrons. The highest BCUT2D eigenvalue weighted by Gasteiger charge is 1.99. The lowest BCUT2D eigenvalue weighted by Crippen LogP contribution is -2.03. The van der Waals surface area contributed by atoms with Gasteiger partial charge in [0.25, 0.3) is 10.1 Å². The molecular weight excluding hydrogens is 232 g/mol. The number of carbonyl (C=O) groups is 1. The number of rotatable bonds is 6. The zero-order valence-electron chi connectivity index (χ0n) is 9.49. The molecule has 0 fully saturated rings. The Labute approximate surface area is 96.2 Å². The van der Waals surface area contributed by atoms with Gasteiger partial charge in [0.15, 0.2) is 0 Å². The van der Waals surface area contributed by atoms with E-state index in [0.29, 0.717) is 25.9 Å². The van der Waals surface area contributed by atoms with Gasteiger partial charge in [0.2, 0.25) is 0 Å². The van der Waals surface area contributed by atoms with Gasteiger partial charge in [-0.05, 0) is 13.3 Å². The molecule has 0 heterocycles. The van der Waals surface area contributed by atoms with Gasteiger partial charge in [0.1, 0.15) is 6.61 Å². The number of esters is 1. The smallest absolute Gasteiger partial charge is 0.305 e. The van der Waals surface area contributed by atoms with E-state index >= 15 is 0 Å². The normalized spacial score (nSPS) is 10.4. The summed E-state index contributed by atoms with van der Waals surface area (Å²) in [5.41, 5.74) is 0. The van der Waals surface area contributed by atoms with E-state index in [1.807, 2.05) is 0 Å². The van der Waals surface area contributed by atoms with Crippen molar-refractivity contribution < 1.29 is 22.1 Å². The molecule has 0 rings (SSSR count). The van der Waals surface area contributed by atoms with E-state index in [-0.39, 0.29) is 12.6 Å². The number of ether oxygens (including phenoxy) is 1. The van der Waals surface area contributed by atoms with Crippen molar-refractivity contribution in [2.75, 3.05) is 19.5 Å². The van der Waals surface area contributed by atoms with Crippen molar-refractivity contribution in [3.8, 4) is 11.8 Å². The molecule has 0 aliphatic carbocycles. The highest BCUT2D eigenvalue weighted by atomic mass is 32.2. The van der Waals surface area contributed by atoms with Crippen LogP contribution in [0.2, 0.25) is 0 Å². The molecule has 0 bridgehead atoms. The predicted molar refractivity (Wildman–Crippen MR) is 59.1 cm³/mol.